The Hall–Kier alpha value is -1.75. The molecular formula is C14H11BrFNO2. The number of Topliss-reactive ketones (excluding diaryl/α,β-unsaturated/α-hetero) is 1. The Morgan fingerprint density at radius 1 is 1.21 bits per heavy atom. The van der Waals surface area contributed by atoms with Crippen molar-refractivity contribution in [2.45, 2.75) is 13.0 Å². The van der Waals surface area contributed by atoms with Crippen LogP contribution in [0.5, 0.6) is 0 Å². The number of aromatic nitrogens is 1. The number of carbonyl (C=O) groups excluding carboxylic acids is 1. The summed E-state index contributed by atoms with van der Waals surface area (Å²) < 4.78 is 14.5. The Balaban J connectivity index is 2.07. The molecule has 0 radical (unpaired) electrons. The van der Waals surface area contributed by atoms with Gasteiger partial charge in [-0.25, -0.2) is 4.39 Å². The van der Waals surface area contributed by atoms with Gasteiger partial charge >= 0.3 is 0 Å². The molecule has 19 heavy (non-hydrogen) atoms. The summed E-state index contributed by atoms with van der Waals surface area (Å²) in [6, 6.07) is 9.08. The fourth-order valence-electron chi connectivity index (χ4n) is 1.71. The van der Waals surface area contributed by atoms with Gasteiger partial charge < -0.3 is 4.57 Å². The molecule has 0 saturated carbocycles. The number of hydrogen-bond donors (Lipinski definition) is 0. The fraction of sp³-hybridized carbons (Fsp3) is 0.143. The SMILES string of the molecule is O=C(Cc1ccc(F)cc1)Cn1cccc(Br)c1=O. The Morgan fingerprint density at radius 3 is 2.58 bits per heavy atom. The summed E-state index contributed by atoms with van der Waals surface area (Å²) in [5.41, 5.74) is 0.490. The maximum Gasteiger partial charge on any atom is 0.265 e. The van der Waals surface area contributed by atoms with Gasteiger partial charge in [-0.15, -0.1) is 0 Å². The van der Waals surface area contributed by atoms with E-state index in [4.69, 9.17) is 0 Å². The second-order valence-electron chi connectivity index (χ2n) is 4.13. The van der Waals surface area contributed by atoms with Crippen LogP contribution in [0.4, 0.5) is 4.39 Å². The normalized spacial score (nSPS) is 10.4. The molecule has 0 unspecified atom stereocenters. The van der Waals surface area contributed by atoms with Gasteiger partial charge in [0.25, 0.3) is 5.56 Å². The smallest absolute Gasteiger partial charge is 0.265 e. The number of nitrogens with zero attached hydrogens (tertiary/aromatic N) is 1. The van der Waals surface area contributed by atoms with Crippen molar-refractivity contribution >= 4 is 21.7 Å². The molecule has 0 aliphatic carbocycles. The predicted octanol–water partition coefficient (Wildman–Crippen LogP) is 2.56. The van der Waals surface area contributed by atoms with Gasteiger partial charge in [0, 0.05) is 12.6 Å². The number of hydrogen-bond acceptors (Lipinski definition) is 2. The minimum atomic E-state index is -0.334. The van der Waals surface area contributed by atoms with Crippen LogP contribution in [-0.2, 0) is 17.8 Å². The minimum absolute atomic E-state index is 0.00957. The summed E-state index contributed by atoms with van der Waals surface area (Å²) in [4.78, 5) is 23.6. The lowest BCUT2D eigenvalue weighted by Gasteiger charge is -2.05. The summed E-state index contributed by atoms with van der Waals surface area (Å²) in [5.74, 6) is -0.439. The van der Waals surface area contributed by atoms with E-state index < -0.39 is 0 Å². The Labute approximate surface area is 117 Å². The molecule has 1 aromatic carbocycles. The molecular weight excluding hydrogens is 313 g/mol. The van der Waals surface area contributed by atoms with Crippen LogP contribution >= 0.6 is 15.9 Å². The van der Waals surface area contributed by atoms with E-state index in [1.54, 1.807) is 30.5 Å². The molecule has 2 aromatic rings. The van der Waals surface area contributed by atoms with Gasteiger partial charge in [0.15, 0.2) is 5.78 Å². The molecule has 0 N–H and O–H groups in total. The van der Waals surface area contributed by atoms with E-state index in [2.05, 4.69) is 15.9 Å². The number of carbonyl (C=O) groups is 1. The highest BCUT2D eigenvalue weighted by atomic mass is 79.9. The van der Waals surface area contributed by atoms with E-state index in [0.29, 0.717) is 4.47 Å². The lowest BCUT2D eigenvalue weighted by Crippen LogP contribution is -2.24. The number of pyridine rings is 1. The van der Waals surface area contributed by atoms with Gasteiger partial charge in [0.1, 0.15) is 5.82 Å². The summed E-state index contributed by atoms with van der Waals surface area (Å²) in [7, 11) is 0. The zero-order valence-corrected chi connectivity index (χ0v) is 11.6. The maximum atomic E-state index is 12.7. The largest absolute Gasteiger partial charge is 0.307 e. The second-order valence-corrected chi connectivity index (χ2v) is 4.99. The summed E-state index contributed by atoms with van der Waals surface area (Å²) in [5, 5.41) is 0. The molecule has 0 bridgehead atoms. The van der Waals surface area contributed by atoms with Crippen LogP contribution in [0.3, 0.4) is 0 Å². The monoisotopic (exact) mass is 323 g/mol. The molecule has 0 aliphatic rings. The quantitative estimate of drug-likeness (QED) is 0.867. The van der Waals surface area contributed by atoms with Gasteiger partial charge in [-0.1, -0.05) is 12.1 Å². The molecule has 0 fully saturated rings. The second kappa shape index (κ2) is 5.93. The molecule has 1 heterocycles. The molecule has 0 spiro atoms. The number of benzene rings is 1. The van der Waals surface area contributed by atoms with E-state index in [1.165, 1.54) is 16.7 Å². The summed E-state index contributed by atoms with van der Waals surface area (Å²) in [6.07, 6.45) is 1.74. The van der Waals surface area contributed by atoms with Gasteiger partial charge in [-0.2, -0.15) is 0 Å². The molecule has 0 saturated heterocycles. The van der Waals surface area contributed by atoms with Crippen molar-refractivity contribution in [3.8, 4) is 0 Å². The fourth-order valence-corrected chi connectivity index (χ4v) is 2.09. The topological polar surface area (TPSA) is 39.1 Å². The average Bonchev–Trinajstić information content (AvgIpc) is 2.38. The first-order chi connectivity index (χ1) is 9.06. The van der Waals surface area contributed by atoms with Crippen LogP contribution in [0.25, 0.3) is 0 Å². The first-order valence-electron chi connectivity index (χ1n) is 5.67. The Kier molecular flexibility index (Phi) is 4.27. The third-order valence-corrected chi connectivity index (χ3v) is 3.24. The van der Waals surface area contributed by atoms with E-state index in [1.807, 2.05) is 0 Å². The van der Waals surface area contributed by atoms with E-state index in [9.17, 15) is 14.0 Å². The van der Waals surface area contributed by atoms with Crippen molar-refractivity contribution in [2.24, 2.45) is 0 Å². The van der Waals surface area contributed by atoms with Crippen LogP contribution in [0.2, 0.25) is 0 Å². The van der Waals surface area contributed by atoms with Gasteiger partial charge in [0.05, 0.1) is 11.0 Å². The average molecular weight is 324 g/mol. The van der Waals surface area contributed by atoms with Crippen LogP contribution in [0.1, 0.15) is 5.56 Å². The molecule has 0 atom stereocenters. The van der Waals surface area contributed by atoms with Crippen molar-refractivity contribution in [3.63, 3.8) is 0 Å². The molecule has 98 valence electrons. The van der Waals surface area contributed by atoms with E-state index in [-0.39, 0.29) is 30.1 Å². The highest BCUT2D eigenvalue weighted by molar-refractivity contribution is 9.10. The van der Waals surface area contributed by atoms with Crippen molar-refractivity contribution in [1.29, 1.82) is 0 Å². The van der Waals surface area contributed by atoms with Crippen molar-refractivity contribution in [2.75, 3.05) is 0 Å². The van der Waals surface area contributed by atoms with E-state index in [0.717, 1.165) is 5.56 Å². The number of rotatable bonds is 4. The lowest BCUT2D eigenvalue weighted by molar-refractivity contribution is -0.119. The van der Waals surface area contributed by atoms with E-state index >= 15 is 0 Å². The third-order valence-electron chi connectivity index (χ3n) is 2.63. The third kappa shape index (κ3) is 3.61. The maximum absolute atomic E-state index is 12.7. The van der Waals surface area contributed by atoms with Crippen molar-refractivity contribution in [3.05, 3.63) is 68.8 Å². The zero-order valence-electron chi connectivity index (χ0n) is 9.98. The number of halogens is 2. The van der Waals surface area contributed by atoms with Crippen LogP contribution < -0.4 is 5.56 Å². The Bertz CT molecular complexity index is 649. The lowest BCUT2D eigenvalue weighted by atomic mass is 10.1. The zero-order chi connectivity index (χ0) is 13.8. The minimum Gasteiger partial charge on any atom is -0.307 e. The van der Waals surface area contributed by atoms with Crippen LogP contribution in [0, 0.1) is 5.82 Å². The van der Waals surface area contributed by atoms with Gasteiger partial charge in [-0.3, -0.25) is 9.59 Å². The van der Waals surface area contributed by atoms with Gasteiger partial charge in [0.2, 0.25) is 0 Å². The molecule has 0 amide bonds. The van der Waals surface area contributed by atoms with Crippen molar-refractivity contribution < 1.29 is 9.18 Å². The molecule has 2 rings (SSSR count). The van der Waals surface area contributed by atoms with Crippen LogP contribution in [-0.4, -0.2) is 10.4 Å². The molecule has 3 nitrogen and oxygen atoms in total. The summed E-state index contributed by atoms with van der Waals surface area (Å²) in [6.45, 7) is 0.00957. The van der Waals surface area contributed by atoms with Crippen LogP contribution in [0.15, 0.2) is 51.9 Å². The first kappa shape index (κ1) is 13.7. The highest BCUT2D eigenvalue weighted by Crippen LogP contribution is 2.05. The molecule has 1 aromatic heterocycles. The Morgan fingerprint density at radius 2 is 1.89 bits per heavy atom. The summed E-state index contributed by atoms with van der Waals surface area (Å²) >= 11 is 3.12. The molecule has 0 aliphatic heterocycles. The van der Waals surface area contributed by atoms with Gasteiger partial charge in [-0.05, 0) is 45.8 Å². The first-order valence-corrected chi connectivity index (χ1v) is 6.46. The van der Waals surface area contributed by atoms with Crippen molar-refractivity contribution in [1.82, 2.24) is 4.57 Å². The highest BCUT2D eigenvalue weighted by Gasteiger charge is 2.07. The molecule has 5 heteroatoms. The predicted molar refractivity (Wildman–Crippen MR) is 73.5 cm³/mol. The standard InChI is InChI=1S/C14H11BrFNO2/c15-13-2-1-7-17(14(13)19)9-12(18)8-10-3-5-11(16)6-4-10/h1-7H,8-9H2. The number of ketones is 1.